The van der Waals surface area contributed by atoms with Crippen molar-refractivity contribution in [2.45, 2.75) is 63.7 Å². The third-order valence-electron chi connectivity index (χ3n) is 5.94. The summed E-state index contributed by atoms with van der Waals surface area (Å²) < 4.78 is 68.0. The molecule has 0 saturated carbocycles. The molecule has 2 unspecified atom stereocenters. The molecule has 0 N–H and O–H groups in total. The standard InChI is InChI=1S/C18H20F4N6O3/c1-9-23-13(25-31-9)8-28-12(18(20,21)22)4-5-27-16(29)14(19)15(24-17(27)28)26-6-10-2-3-11(7-26)30-10/h10-12H,2-8H2,1H3/t10-,11?,12?/m0/s1. The summed E-state index contributed by atoms with van der Waals surface area (Å²) in [4.78, 5) is 23.5. The second-order valence-electron chi connectivity index (χ2n) is 8.07. The molecule has 3 atom stereocenters. The Morgan fingerprint density at radius 3 is 2.45 bits per heavy atom. The minimum absolute atomic E-state index is 0.0183. The lowest BCUT2D eigenvalue weighted by molar-refractivity contribution is -0.153. The van der Waals surface area contributed by atoms with E-state index < -0.39 is 30.0 Å². The van der Waals surface area contributed by atoms with Gasteiger partial charge in [-0.1, -0.05) is 5.16 Å². The molecule has 2 fully saturated rings. The van der Waals surface area contributed by atoms with E-state index in [1.807, 2.05) is 0 Å². The molecule has 0 aromatic carbocycles. The van der Waals surface area contributed by atoms with Crippen LogP contribution in [0.1, 0.15) is 31.0 Å². The number of anilines is 2. The van der Waals surface area contributed by atoms with Crippen LogP contribution in [0.2, 0.25) is 0 Å². The largest absolute Gasteiger partial charge is 0.408 e. The Morgan fingerprint density at radius 1 is 1.13 bits per heavy atom. The summed E-state index contributed by atoms with van der Waals surface area (Å²) in [5.41, 5.74) is -0.992. The number of rotatable bonds is 3. The number of fused-ring (bicyclic) bond motifs is 3. The number of halogens is 4. The molecule has 2 aromatic heterocycles. The fourth-order valence-electron chi connectivity index (χ4n) is 4.55. The average Bonchev–Trinajstić information content (AvgIpc) is 3.27. The lowest BCUT2D eigenvalue weighted by Crippen LogP contribution is -2.53. The number of nitrogens with zero attached hydrogens (tertiary/aromatic N) is 6. The summed E-state index contributed by atoms with van der Waals surface area (Å²) in [5, 5.41) is 3.67. The average molecular weight is 444 g/mol. The van der Waals surface area contributed by atoms with E-state index in [-0.39, 0.29) is 48.8 Å². The minimum atomic E-state index is -4.59. The van der Waals surface area contributed by atoms with Crippen LogP contribution in [0.25, 0.3) is 0 Å². The van der Waals surface area contributed by atoms with Gasteiger partial charge < -0.3 is 19.1 Å². The predicted octanol–water partition coefficient (Wildman–Crippen LogP) is 1.78. The lowest BCUT2D eigenvalue weighted by atomic mass is 10.1. The summed E-state index contributed by atoms with van der Waals surface area (Å²) >= 11 is 0. The highest BCUT2D eigenvalue weighted by molar-refractivity contribution is 5.48. The van der Waals surface area contributed by atoms with Gasteiger partial charge in [0.15, 0.2) is 11.6 Å². The molecule has 5 heterocycles. The zero-order valence-electron chi connectivity index (χ0n) is 16.6. The van der Waals surface area contributed by atoms with Gasteiger partial charge in [-0.15, -0.1) is 0 Å². The molecule has 2 saturated heterocycles. The Hall–Kier alpha value is -2.70. The molecule has 0 amide bonds. The van der Waals surface area contributed by atoms with Gasteiger partial charge >= 0.3 is 6.18 Å². The first kappa shape index (κ1) is 20.2. The Bertz CT molecular complexity index is 1040. The lowest BCUT2D eigenvalue weighted by Gasteiger charge is -2.39. The molecule has 2 bridgehead atoms. The molecule has 0 spiro atoms. The maximum atomic E-state index is 15.0. The Morgan fingerprint density at radius 2 is 1.84 bits per heavy atom. The predicted molar refractivity (Wildman–Crippen MR) is 98.2 cm³/mol. The summed E-state index contributed by atoms with van der Waals surface area (Å²) in [6.07, 6.45) is -3.61. The van der Waals surface area contributed by atoms with Gasteiger partial charge in [0.05, 0.1) is 18.8 Å². The third kappa shape index (κ3) is 3.54. The van der Waals surface area contributed by atoms with E-state index in [4.69, 9.17) is 9.26 Å². The van der Waals surface area contributed by atoms with E-state index in [2.05, 4.69) is 15.1 Å². The van der Waals surface area contributed by atoms with E-state index in [1.54, 1.807) is 4.90 Å². The van der Waals surface area contributed by atoms with Gasteiger partial charge in [-0.05, 0) is 19.3 Å². The van der Waals surface area contributed by atoms with Crippen molar-refractivity contribution in [1.29, 1.82) is 0 Å². The van der Waals surface area contributed by atoms with Gasteiger partial charge in [0.2, 0.25) is 17.7 Å². The monoisotopic (exact) mass is 444 g/mol. The molecule has 0 aliphatic carbocycles. The molecule has 5 rings (SSSR count). The van der Waals surface area contributed by atoms with Crippen molar-refractivity contribution in [2.75, 3.05) is 22.9 Å². The van der Waals surface area contributed by atoms with Crippen molar-refractivity contribution in [3.8, 4) is 0 Å². The van der Waals surface area contributed by atoms with Gasteiger partial charge in [0.25, 0.3) is 5.56 Å². The molecular weight excluding hydrogens is 424 g/mol. The van der Waals surface area contributed by atoms with Crippen LogP contribution in [0.15, 0.2) is 9.32 Å². The van der Waals surface area contributed by atoms with Crippen LogP contribution >= 0.6 is 0 Å². The molecule has 0 radical (unpaired) electrons. The first-order valence-corrected chi connectivity index (χ1v) is 10.0. The first-order chi connectivity index (χ1) is 14.7. The summed E-state index contributed by atoms with van der Waals surface area (Å²) in [5.74, 6) is -1.34. The maximum Gasteiger partial charge on any atom is 0.408 e. The highest BCUT2D eigenvalue weighted by Gasteiger charge is 2.48. The zero-order chi connectivity index (χ0) is 21.9. The number of morpholine rings is 1. The van der Waals surface area contributed by atoms with Gasteiger partial charge in [-0.2, -0.15) is 27.5 Å². The number of alkyl halides is 3. The van der Waals surface area contributed by atoms with Gasteiger partial charge in [0.1, 0.15) is 6.04 Å². The van der Waals surface area contributed by atoms with E-state index >= 15 is 0 Å². The van der Waals surface area contributed by atoms with Gasteiger partial charge in [-0.25, -0.2) is 0 Å². The Labute approximate surface area is 173 Å². The van der Waals surface area contributed by atoms with Crippen LogP contribution in [0.4, 0.5) is 29.3 Å². The second-order valence-corrected chi connectivity index (χ2v) is 8.07. The van der Waals surface area contributed by atoms with Gasteiger partial charge in [-0.3, -0.25) is 9.36 Å². The third-order valence-corrected chi connectivity index (χ3v) is 5.94. The second kappa shape index (κ2) is 7.18. The summed E-state index contributed by atoms with van der Waals surface area (Å²) in [7, 11) is 0. The van der Waals surface area contributed by atoms with E-state index in [9.17, 15) is 22.4 Å². The molecule has 9 nitrogen and oxygen atoms in total. The van der Waals surface area contributed by atoms with E-state index in [0.29, 0.717) is 13.1 Å². The van der Waals surface area contributed by atoms with Crippen molar-refractivity contribution < 1.29 is 26.8 Å². The quantitative estimate of drug-likeness (QED) is 0.662. The maximum absolute atomic E-state index is 15.0. The van der Waals surface area contributed by atoms with Crippen LogP contribution in [0, 0.1) is 12.7 Å². The molecule has 3 aliphatic heterocycles. The Kier molecular flexibility index (Phi) is 4.68. The first-order valence-electron chi connectivity index (χ1n) is 10.0. The fraction of sp³-hybridized carbons (Fsp3) is 0.667. The Balaban J connectivity index is 1.59. The highest BCUT2D eigenvalue weighted by atomic mass is 19.4. The van der Waals surface area contributed by atoms with Crippen molar-refractivity contribution >= 4 is 11.8 Å². The van der Waals surface area contributed by atoms with Gasteiger partial charge in [0, 0.05) is 26.6 Å². The van der Waals surface area contributed by atoms with Crippen molar-refractivity contribution in [1.82, 2.24) is 19.7 Å². The molecule has 168 valence electrons. The van der Waals surface area contributed by atoms with Crippen LogP contribution in [0.5, 0.6) is 0 Å². The molecule has 2 aromatic rings. The van der Waals surface area contributed by atoms with E-state index in [0.717, 1.165) is 22.3 Å². The molecule has 31 heavy (non-hydrogen) atoms. The zero-order valence-corrected chi connectivity index (χ0v) is 16.6. The normalized spacial score (nSPS) is 25.8. The van der Waals surface area contributed by atoms with Crippen molar-refractivity contribution in [3.05, 3.63) is 27.9 Å². The number of hydrogen-bond donors (Lipinski definition) is 0. The van der Waals surface area contributed by atoms with Crippen molar-refractivity contribution in [2.24, 2.45) is 0 Å². The number of aromatic nitrogens is 4. The number of ether oxygens (including phenoxy) is 1. The summed E-state index contributed by atoms with van der Waals surface area (Å²) in [6.45, 7) is 1.50. The fourth-order valence-corrected chi connectivity index (χ4v) is 4.55. The number of hydrogen-bond acceptors (Lipinski definition) is 8. The van der Waals surface area contributed by atoms with Crippen LogP contribution in [-0.2, 0) is 17.8 Å². The summed E-state index contributed by atoms with van der Waals surface area (Å²) in [6, 6.07) is -1.92. The van der Waals surface area contributed by atoms with E-state index in [1.165, 1.54) is 6.92 Å². The highest BCUT2D eigenvalue weighted by Crippen LogP contribution is 2.36. The smallest absolute Gasteiger partial charge is 0.371 e. The minimum Gasteiger partial charge on any atom is -0.371 e. The van der Waals surface area contributed by atoms with Crippen LogP contribution < -0.4 is 15.4 Å². The van der Waals surface area contributed by atoms with Crippen LogP contribution in [-0.4, -0.2) is 57.2 Å². The molecular formula is C18H20F4N6O3. The number of aryl methyl sites for hydroxylation is 1. The SMILES string of the molecule is Cc1nc(CN2c3nc(N4CC5CC[C@@H](C4)O5)c(F)c(=O)n3CCC2C(F)(F)F)no1. The van der Waals surface area contributed by atoms with Crippen LogP contribution in [0.3, 0.4) is 0 Å². The molecule has 3 aliphatic rings. The van der Waals surface area contributed by atoms with Crippen molar-refractivity contribution in [3.63, 3.8) is 0 Å². The molecule has 13 heteroatoms. The topological polar surface area (TPSA) is 89.5 Å².